The van der Waals surface area contributed by atoms with Gasteiger partial charge >= 0.3 is 0 Å². The van der Waals surface area contributed by atoms with Crippen LogP contribution in [0.2, 0.25) is 0 Å². The molecule has 1 aliphatic carbocycles. The minimum Gasteiger partial charge on any atom is -0.289 e. The van der Waals surface area contributed by atoms with Gasteiger partial charge in [-0.05, 0) is 33.6 Å². The van der Waals surface area contributed by atoms with E-state index in [2.05, 4.69) is 6.92 Å². The first-order valence-corrected chi connectivity index (χ1v) is 7.65. The fraction of sp³-hybridized carbons (Fsp3) is 0.556. The van der Waals surface area contributed by atoms with E-state index in [1.165, 1.54) is 25.7 Å². The van der Waals surface area contributed by atoms with Gasteiger partial charge in [0.05, 0.1) is 0 Å². The van der Waals surface area contributed by atoms with E-state index < -0.39 is 0 Å². The summed E-state index contributed by atoms with van der Waals surface area (Å²) in [5.74, 6) is 0.00605. The summed E-state index contributed by atoms with van der Waals surface area (Å²) in [6.45, 7) is 7.42. The Balaban J connectivity index is 2.59. The van der Waals surface area contributed by atoms with Crippen molar-refractivity contribution >= 4 is 11.6 Å². The fourth-order valence-corrected chi connectivity index (χ4v) is 2.38. The predicted molar refractivity (Wildman–Crippen MR) is 83.6 cm³/mol. The standard InChI is InChI=1S/C18H26O2/c1-5-6-7-8-9-10-11-12-16-15(4)17(19)13(2)14(3)18(16)20/h11-12H,5-10H2,1-4H3/b12-11-. The number of carbonyl (C=O) groups is 2. The van der Waals surface area contributed by atoms with Gasteiger partial charge < -0.3 is 0 Å². The Bertz CT molecular complexity index is 476. The molecule has 0 aliphatic heterocycles. The van der Waals surface area contributed by atoms with Crippen molar-refractivity contribution < 1.29 is 9.59 Å². The number of carbonyl (C=O) groups excluding carboxylic acids is 2. The number of hydrogen-bond donors (Lipinski definition) is 0. The molecular formula is C18H26O2. The summed E-state index contributed by atoms with van der Waals surface area (Å²) in [6.07, 6.45) is 11.1. The van der Waals surface area contributed by atoms with Crippen LogP contribution in [0.15, 0.2) is 34.4 Å². The monoisotopic (exact) mass is 274 g/mol. The van der Waals surface area contributed by atoms with Crippen LogP contribution in [0.25, 0.3) is 0 Å². The summed E-state index contributed by atoms with van der Waals surface area (Å²) in [6, 6.07) is 0. The van der Waals surface area contributed by atoms with Crippen molar-refractivity contribution in [2.75, 3.05) is 0 Å². The van der Waals surface area contributed by atoms with Crippen LogP contribution in [0.4, 0.5) is 0 Å². The summed E-state index contributed by atoms with van der Waals surface area (Å²) >= 11 is 0. The molecule has 0 N–H and O–H groups in total. The Kier molecular flexibility index (Phi) is 6.63. The Morgan fingerprint density at radius 2 is 1.40 bits per heavy atom. The highest BCUT2D eigenvalue weighted by atomic mass is 16.1. The number of hydrogen-bond acceptors (Lipinski definition) is 2. The van der Waals surface area contributed by atoms with Crippen LogP contribution in [-0.2, 0) is 9.59 Å². The highest BCUT2D eigenvalue weighted by Gasteiger charge is 2.25. The summed E-state index contributed by atoms with van der Waals surface area (Å²) < 4.78 is 0. The van der Waals surface area contributed by atoms with Gasteiger partial charge in [0.25, 0.3) is 0 Å². The third-order valence-corrected chi connectivity index (χ3v) is 3.99. The van der Waals surface area contributed by atoms with Crippen molar-refractivity contribution in [1.29, 1.82) is 0 Å². The second kappa shape index (κ2) is 7.98. The van der Waals surface area contributed by atoms with Gasteiger partial charge in [0.1, 0.15) is 0 Å². The molecule has 0 amide bonds. The molecule has 0 fully saturated rings. The molecule has 0 unspecified atom stereocenters. The van der Waals surface area contributed by atoms with Crippen molar-refractivity contribution in [3.8, 4) is 0 Å². The summed E-state index contributed by atoms with van der Waals surface area (Å²) in [5, 5.41) is 0. The van der Waals surface area contributed by atoms with E-state index in [0.717, 1.165) is 12.8 Å². The third-order valence-electron chi connectivity index (χ3n) is 3.99. The van der Waals surface area contributed by atoms with Gasteiger partial charge in [-0.25, -0.2) is 0 Å². The SMILES string of the molecule is CCCCCCC/C=C\C1=C(C)C(=O)C(C)=C(C)C1=O. The van der Waals surface area contributed by atoms with Crippen LogP contribution in [0.1, 0.15) is 66.2 Å². The maximum atomic E-state index is 12.2. The minimum absolute atomic E-state index is 0.00170. The van der Waals surface area contributed by atoms with Crippen LogP contribution in [0.5, 0.6) is 0 Å². The molecule has 0 bridgehead atoms. The van der Waals surface area contributed by atoms with Gasteiger partial charge in [-0.1, -0.05) is 44.8 Å². The maximum absolute atomic E-state index is 12.2. The Hall–Kier alpha value is -1.44. The minimum atomic E-state index is 0.00170. The smallest absolute Gasteiger partial charge is 0.189 e. The Labute approximate surface area is 122 Å². The molecule has 0 radical (unpaired) electrons. The van der Waals surface area contributed by atoms with E-state index in [4.69, 9.17) is 0 Å². The molecular weight excluding hydrogens is 248 g/mol. The first-order chi connectivity index (χ1) is 9.50. The zero-order valence-corrected chi connectivity index (χ0v) is 13.2. The van der Waals surface area contributed by atoms with E-state index in [-0.39, 0.29) is 11.6 Å². The van der Waals surface area contributed by atoms with E-state index in [9.17, 15) is 9.59 Å². The molecule has 1 aliphatic rings. The van der Waals surface area contributed by atoms with E-state index in [1.54, 1.807) is 20.8 Å². The first-order valence-electron chi connectivity index (χ1n) is 7.65. The lowest BCUT2D eigenvalue weighted by Gasteiger charge is -2.16. The first kappa shape index (κ1) is 16.6. The van der Waals surface area contributed by atoms with Gasteiger partial charge in [0.2, 0.25) is 0 Å². The maximum Gasteiger partial charge on any atom is 0.189 e. The van der Waals surface area contributed by atoms with E-state index >= 15 is 0 Å². The molecule has 1 rings (SSSR count). The van der Waals surface area contributed by atoms with E-state index in [1.807, 2.05) is 12.2 Å². The molecule has 0 heterocycles. The molecule has 20 heavy (non-hydrogen) atoms. The van der Waals surface area contributed by atoms with Crippen molar-refractivity contribution in [2.45, 2.75) is 66.2 Å². The van der Waals surface area contributed by atoms with Gasteiger partial charge in [-0.2, -0.15) is 0 Å². The predicted octanol–water partition coefficient (Wildman–Crippen LogP) is 4.71. The highest BCUT2D eigenvalue weighted by molar-refractivity contribution is 6.25. The molecule has 0 aromatic carbocycles. The summed E-state index contributed by atoms with van der Waals surface area (Å²) in [7, 11) is 0. The number of allylic oxidation sites excluding steroid dienone is 6. The van der Waals surface area contributed by atoms with Crippen LogP contribution >= 0.6 is 0 Å². The highest BCUT2D eigenvalue weighted by Crippen LogP contribution is 2.25. The lowest BCUT2D eigenvalue weighted by Crippen LogP contribution is -2.19. The van der Waals surface area contributed by atoms with Crippen molar-refractivity contribution in [1.82, 2.24) is 0 Å². The zero-order valence-electron chi connectivity index (χ0n) is 13.2. The normalized spacial score (nSPS) is 16.8. The molecule has 0 aromatic heterocycles. The lowest BCUT2D eigenvalue weighted by atomic mass is 9.86. The Morgan fingerprint density at radius 1 is 0.800 bits per heavy atom. The molecule has 2 heteroatoms. The molecule has 0 saturated heterocycles. The fourth-order valence-electron chi connectivity index (χ4n) is 2.38. The second-order valence-electron chi connectivity index (χ2n) is 5.55. The number of Topliss-reactive ketones (excluding diaryl/α,β-unsaturated/α-hetero) is 2. The number of ketones is 2. The average Bonchev–Trinajstić information content (AvgIpc) is 2.45. The topological polar surface area (TPSA) is 34.1 Å². The largest absolute Gasteiger partial charge is 0.289 e. The average molecular weight is 274 g/mol. The van der Waals surface area contributed by atoms with Crippen molar-refractivity contribution in [2.24, 2.45) is 0 Å². The molecule has 2 nitrogen and oxygen atoms in total. The Morgan fingerprint density at radius 3 is 2.05 bits per heavy atom. The van der Waals surface area contributed by atoms with Crippen molar-refractivity contribution in [3.63, 3.8) is 0 Å². The molecule has 0 atom stereocenters. The van der Waals surface area contributed by atoms with Crippen molar-refractivity contribution in [3.05, 3.63) is 34.4 Å². The third kappa shape index (κ3) is 4.03. The van der Waals surface area contributed by atoms with Crippen LogP contribution in [0, 0.1) is 0 Å². The van der Waals surface area contributed by atoms with Crippen LogP contribution in [0.3, 0.4) is 0 Å². The van der Waals surface area contributed by atoms with Gasteiger partial charge in [-0.3, -0.25) is 9.59 Å². The molecule has 0 aromatic rings. The molecule has 110 valence electrons. The van der Waals surface area contributed by atoms with Gasteiger partial charge in [0.15, 0.2) is 11.6 Å². The summed E-state index contributed by atoms with van der Waals surface area (Å²) in [5.41, 5.74) is 2.33. The van der Waals surface area contributed by atoms with Gasteiger partial charge in [-0.15, -0.1) is 0 Å². The molecule has 0 spiro atoms. The quantitative estimate of drug-likeness (QED) is 0.498. The number of rotatable bonds is 7. The van der Waals surface area contributed by atoms with Crippen LogP contribution in [-0.4, -0.2) is 11.6 Å². The van der Waals surface area contributed by atoms with E-state index in [0.29, 0.717) is 22.3 Å². The number of unbranched alkanes of at least 4 members (excludes halogenated alkanes) is 5. The van der Waals surface area contributed by atoms with Crippen LogP contribution < -0.4 is 0 Å². The molecule has 0 saturated carbocycles. The van der Waals surface area contributed by atoms with Gasteiger partial charge in [0, 0.05) is 22.3 Å². The second-order valence-corrected chi connectivity index (χ2v) is 5.55. The zero-order chi connectivity index (χ0) is 15.1. The lowest BCUT2D eigenvalue weighted by molar-refractivity contribution is -0.116. The summed E-state index contributed by atoms with van der Waals surface area (Å²) in [4.78, 5) is 24.2.